The van der Waals surface area contributed by atoms with E-state index in [0.717, 1.165) is 6.04 Å². The Morgan fingerprint density at radius 1 is 1.14 bits per heavy atom. The van der Waals surface area contributed by atoms with Gasteiger partial charge in [0, 0.05) is 6.04 Å². The Kier molecular flexibility index (Phi) is 6.43. The molecule has 1 heterocycles. The molecule has 0 N–H and O–H groups in total. The Morgan fingerprint density at radius 3 is 1.86 bits per heavy atom. The second kappa shape index (κ2) is 6.44. The van der Waals surface area contributed by atoms with Crippen molar-refractivity contribution in [2.24, 2.45) is 5.41 Å². The molecule has 1 heteroatoms. The van der Waals surface area contributed by atoms with Crippen molar-refractivity contribution >= 4 is 0 Å². The first-order valence-electron chi connectivity index (χ1n) is 6.31. The van der Waals surface area contributed by atoms with Gasteiger partial charge >= 0.3 is 0 Å². The first-order chi connectivity index (χ1) is 6.57. The van der Waals surface area contributed by atoms with Gasteiger partial charge in [0.05, 0.1) is 0 Å². The number of hydrogen-bond acceptors (Lipinski definition) is 1. The van der Waals surface area contributed by atoms with E-state index in [4.69, 9.17) is 0 Å². The first-order valence-corrected chi connectivity index (χ1v) is 6.31. The molecule has 14 heavy (non-hydrogen) atoms. The van der Waals surface area contributed by atoms with Gasteiger partial charge < -0.3 is 4.90 Å². The van der Waals surface area contributed by atoms with Crippen molar-refractivity contribution in [3.8, 4) is 0 Å². The molecule has 1 aliphatic rings. The largest absolute Gasteiger partial charge is 0.301 e. The smallest absolute Gasteiger partial charge is 0.00385 e. The van der Waals surface area contributed by atoms with Crippen molar-refractivity contribution in [3.05, 3.63) is 0 Å². The topological polar surface area (TPSA) is 3.24 Å². The lowest BCUT2D eigenvalue weighted by Gasteiger charge is -2.40. The molecular formula is C13H29N. The minimum Gasteiger partial charge on any atom is -0.301 e. The molecule has 0 aliphatic carbocycles. The van der Waals surface area contributed by atoms with E-state index in [1.54, 1.807) is 0 Å². The Hall–Kier alpha value is -0.0400. The Morgan fingerprint density at radius 2 is 1.57 bits per heavy atom. The summed E-state index contributed by atoms with van der Waals surface area (Å²) in [6, 6.07) is 0.742. The fourth-order valence-electron chi connectivity index (χ4n) is 1.93. The maximum absolute atomic E-state index is 2.59. The molecule has 0 unspecified atom stereocenters. The minimum absolute atomic E-state index is 0.644. The zero-order chi connectivity index (χ0) is 11.2. The Balaban J connectivity index is 0.000000791. The standard InChI is InChI=1S/C11H23N.C2H6/c1-5-11(4)6-8-12(9-7-11)10(2)3;1-2/h10H,5-9H2,1-4H3;1-2H3. The van der Waals surface area contributed by atoms with Gasteiger partial charge in [0.2, 0.25) is 0 Å². The maximum Gasteiger partial charge on any atom is 0.00385 e. The molecule has 0 bridgehead atoms. The molecule has 0 aromatic rings. The minimum atomic E-state index is 0.644. The molecule has 1 fully saturated rings. The maximum atomic E-state index is 2.59. The molecule has 1 nitrogen and oxygen atoms in total. The van der Waals surface area contributed by atoms with E-state index in [-0.39, 0.29) is 0 Å². The van der Waals surface area contributed by atoms with Crippen LogP contribution in [0.5, 0.6) is 0 Å². The summed E-state index contributed by atoms with van der Waals surface area (Å²) in [5, 5.41) is 0. The third-order valence-corrected chi connectivity index (χ3v) is 3.59. The number of nitrogens with zero attached hydrogens (tertiary/aromatic N) is 1. The molecule has 0 atom stereocenters. The summed E-state index contributed by atoms with van der Waals surface area (Å²) in [5.41, 5.74) is 0.644. The number of hydrogen-bond donors (Lipinski definition) is 0. The summed E-state index contributed by atoms with van der Waals surface area (Å²) in [6.07, 6.45) is 4.13. The summed E-state index contributed by atoms with van der Waals surface area (Å²) < 4.78 is 0. The van der Waals surface area contributed by atoms with Crippen LogP contribution in [-0.2, 0) is 0 Å². The van der Waals surface area contributed by atoms with E-state index in [1.165, 1.54) is 32.4 Å². The molecule has 0 aromatic heterocycles. The predicted octanol–water partition coefficient (Wildman–Crippen LogP) is 3.93. The summed E-state index contributed by atoms with van der Waals surface area (Å²) in [5.74, 6) is 0. The zero-order valence-corrected chi connectivity index (χ0v) is 11.1. The lowest BCUT2D eigenvalue weighted by atomic mass is 9.78. The van der Waals surface area contributed by atoms with Crippen molar-refractivity contribution in [2.45, 2.75) is 66.8 Å². The first kappa shape index (κ1) is 14.0. The monoisotopic (exact) mass is 199 g/mol. The van der Waals surface area contributed by atoms with Gasteiger partial charge in [-0.3, -0.25) is 0 Å². The molecule has 0 amide bonds. The summed E-state index contributed by atoms with van der Waals surface area (Å²) in [6.45, 7) is 16.0. The van der Waals surface area contributed by atoms with E-state index < -0.39 is 0 Å². The van der Waals surface area contributed by atoms with Crippen molar-refractivity contribution < 1.29 is 0 Å². The van der Waals surface area contributed by atoms with Gasteiger partial charge in [0.1, 0.15) is 0 Å². The molecule has 86 valence electrons. The lowest BCUT2D eigenvalue weighted by molar-refractivity contribution is 0.0923. The summed E-state index contributed by atoms with van der Waals surface area (Å²) >= 11 is 0. The van der Waals surface area contributed by atoms with Crippen LogP contribution in [-0.4, -0.2) is 24.0 Å². The quantitative estimate of drug-likeness (QED) is 0.651. The average molecular weight is 199 g/mol. The Bertz CT molecular complexity index is 132. The zero-order valence-electron chi connectivity index (χ0n) is 11.1. The SMILES string of the molecule is CC.CCC1(C)CCN(C(C)C)CC1. The van der Waals surface area contributed by atoms with Crippen molar-refractivity contribution in [2.75, 3.05) is 13.1 Å². The second-order valence-electron chi connectivity index (χ2n) is 4.79. The fourth-order valence-corrected chi connectivity index (χ4v) is 1.93. The number of rotatable bonds is 2. The Labute approximate surface area is 90.9 Å². The second-order valence-corrected chi connectivity index (χ2v) is 4.79. The number of likely N-dealkylation sites (tertiary alicyclic amines) is 1. The number of piperidine rings is 1. The van der Waals surface area contributed by atoms with Gasteiger partial charge in [-0.25, -0.2) is 0 Å². The van der Waals surface area contributed by atoms with Crippen LogP contribution in [0, 0.1) is 5.41 Å². The van der Waals surface area contributed by atoms with Crippen LogP contribution in [0.4, 0.5) is 0 Å². The molecule has 1 rings (SSSR count). The van der Waals surface area contributed by atoms with Crippen molar-refractivity contribution in [3.63, 3.8) is 0 Å². The third kappa shape index (κ3) is 4.00. The highest BCUT2D eigenvalue weighted by Crippen LogP contribution is 2.34. The van der Waals surface area contributed by atoms with Gasteiger partial charge in [0.25, 0.3) is 0 Å². The highest BCUT2D eigenvalue weighted by Gasteiger charge is 2.28. The predicted molar refractivity (Wildman–Crippen MR) is 65.7 cm³/mol. The molecule has 1 saturated heterocycles. The highest BCUT2D eigenvalue weighted by molar-refractivity contribution is 4.82. The average Bonchev–Trinajstić information content (AvgIpc) is 2.21. The highest BCUT2D eigenvalue weighted by atomic mass is 15.1. The van der Waals surface area contributed by atoms with E-state index in [2.05, 4.69) is 32.6 Å². The van der Waals surface area contributed by atoms with E-state index >= 15 is 0 Å². The van der Waals surface area contributed by atoms with Gasteiger partial charge in [-0.05, 0) is 45.2 Å². The van der Waals surface area contributed by atoms with Crippen LogP contribution in [0.3, 0.4) is 0 Å². The van der Waals surface area contributed by atoms with E-state index in [9.17, 15) is 0 Å². The van der Waals surface area contributed by atoms with Gasteiger partial charge in [-0.2, -0.15) is 0 Å². The van der Waals surface area contributed by atoms with Crippen LogP contribution >= 0.6 is 0 Å². The van der Waals surface area contributed by atoms with E-state index in [0.29, 0.717) is 5.41 Å². The summed E-state index contributed by atoms with van der Waals surface area (Å²) in [7, 11) is 0. The lowest BCUT2D eigenvalue weighted by Crippen LogP contribution is -2.41. The van der Waals surface area contributed by atoms with Crippen LogP contribution in [0.15, 0.2) is 0 Å². The normalized spacial score (nSPS) is 21.6. The van der Waals surface area contributed by atoms with Gasteiger partial charge in [0.15, 0.2) is 0 Å². The van der Waals surface area contributed by atoms with Crippen LogP contribution < -0.4 is 0 Å². The molecular weight excluding hydrogens is 170 g/mol. The molecule has 0 spiro atoms. The van der Waals surface area contributed by atoms with E-state index in [1.807, 2.05) is 13.8 Å². The van der Waals surface area contributed by atoms with Crippen LogP contribution in [0.1, 0.15) is 60.8 Å². The van der Waals surface area contributed by atoms with Gasteiger partial charge in [-0.1, -0.05) is 34.1 Å². The molecule has 1 aliphatic heterocycles. The molecule has 0 saturated carbocycles. The van der Waals surface area contributed by atoms with Crippen molar-refractivity contribution in [1.82, 2.24) is 4.90 Å². The molecule has 0 aromatic carbocycles. The summed E-state index contributed by atoms with van der Waals surface area (Å²) in [4.78, 5) is 2.59. The molecule has 0 radical (unpaired) electrons. The van der Waals surface area contributed by atoms with Crippen LogP contribution in [0.25, 0.3) is 0 Å². The third-order valence-electron chi connectivity index (χ3n) is 3.59. The fraction of sp³-hybridized carbons (Fsp3) is 1.00. The van der Waals surface area contributed by atoms with Gasteiger partial charge in [-0.15, -0.1) is 0 Å². The van der Waals surface area contributed by atoms with Crippen molar-refractivity contribution in [1.29, 1.82) is 0 Å². The van der Waals surface area contributed by atoms with Crippen LogP contribution in [0.2, 0.25) is 0 Å².